The second-order valence-corrected chi connectivity index (χ2v) is 6.01. The molecule has 0 aromatic carbocycles. The minimum atomic E-state index is -3.56. The van der Waals surface area contributed by atoms with Crippen LogP contribution < -0.4 is 10.5 Å². The molecule has 1 aromatic heterocycles. The summed E-state index contributed by atoms with van der Waals surface area (Å²) in [4.78, 5) is 0.203. The smallest absolute Gasteiger partial charge is 0.244 e. The molecule has 0 atom stereocenters. The summed E-state index contributed by atoms with van der Waals surface area (Å²) in [7, 11) is -3.56. The van der Waals surface area contributed by atoms with Crippen LogP contribution in [0.2, 0.25) is 0 Å². The van der Waals surface area contributed by atoms with E-state index < -0.39 is 10.0 Å². The zero-order valence-corrected chi connectivity index (χ0v) is 12.2. The molecule has 1 heterocycles. The lowest BCUT2D eigenvalue weighted by Crippen LogP contribution is -2.34. The van der Waals surface area contributed by atoms with Gasteiger partial charge in [0.1, 0.15) is 16.4 Å². The summed E-state index contributed by atoms with van der Waals surface area (Å²) in [5.41, 5.74) is 6.17. The Kier molecular flexibility index (Phi) is 4.95. The van der Waals surface area contributed by atoms with Crippen molar-refractivity contribution in [3.8, 4) is 0 Å². The summed E-state index contributed by atoms with van der Waals surface area (Å²) < 4.78 is 32.8. The molecule has 1 aromatic rings. The van der Waals surface area contributed by atoms with Gasteiger partial charge in [0.2, 0.25) is 10.0 Å². The van der Waals surface area contributed by atoms with Crippen LogP contribution in [0, 0.1) is 13.8 Å². The third-order valence-electron chi connectivity index (χ3n) is 3.11. The molecule has 6 heteroatoms. The maximum absolute atomic E-state index is 12.3. The van der Waals surface area contributed by atoms with E-state index >= 15 is 0 Å². The van der Waals surface area contributed by atoms with Crippen molar-refractivity contribution in [2.45, 2.75) is 58.0 Å². The normalized spacial score (nSPS) is 12.3. The maximum Gasteiger partial charge on any atom is 0.244 e. The van der Waals surface area contributed by atoms with Gasteiger partial charge in [-0.15, -0.1) is 0 Å². The molecule has 104 valence electrons. The van der Waals surface area contributed by atoms with Gasteiger partial charge in [-0.3, -0.25) is 0 Å². The summed E-state index contributed by atoms with van der Waals surface area (Å²) in [6.45, 7) is 7.43. The lowest BCUT2D eigenvalue weighted by atomic mass is 10.2. The molecule has 0 aliphatic carbocycles. The molecule has 0 unspecified atom stereocenters. The number of hydrogen-bond donors (Lipinski definition) is 2. The van der Waals surface area contributed by atoms with Crippen LogP contribution in [0.25, 0.3) is 0 Å². The van der Waals surface area contributed by atoms with E-state index in [1.54, 1.807) is 13.8 Å². The van der Waals surface area contributed by atoms with E-state index in [1.165, 1.54) is 0 Å². The summed E-state index contributed by atoms with van der Waals surface area (Å²) >= 11 is 0. The third kappa shape index (κ3) is 2.93. The van der Waals surface area contributed by atoms with Crippen LogP contribution in [0.1, 0.15) is 43.8 Å². The van der Waals surface area contributed by atoms with Crippen LogP contribution in [0.3, 0.4) is 0 Å². The summed E-state index contributed by atoms with van der Waals surface area (Å²) in [6, 6.07) is -0.0600. The quantitative estimate of drug-likeness (QED) is 0.828. The lowest BCUT2D eigenvalue weighted by molar-refractivity contribution is 0.491. The first-order valence-electron chi connectivity index (χ1n) is 6.18. The molecule has 0 amide bonds. The van der Waals surface area contributed by atoms with Crippen LogP contribution in [0.15, 0.2) is 9.31 Å². The average Bonchev–Trinajstić information content (AvgIpc) is 2.61. The van der Waals surface area contributed by atoms with Gasteiger partial charge in [0, 0.05) is 18.2 Å². The van der Waals surface area contributed by atoms with E-state index in [9.17, 15) is 8.42 Å². The number of furan rings is 1. The van der Waals surface area contributed by atoms with Gasteiger partial charge in [-0.25, -0.2) is 13.1 Å². The van der Waals surface area contributed by atoms with E-state index in [2.05, 4.69) is 4.72 Å². The van der Waals surface area contributed by atoms with Crippen molar-refractivity contribution in [1.82, 2.24) is 4.72 Å². The molecule has 3 N–H and O–H groups in total. The fourth-order valence-electron chi connectivity index (χ4n) is 2.03. The van der Waals surface area contributed by atoms with Crippen molar-refractivity contribution in [3.63, 3.8) is 0 Å². The first-order chi connectivity index (χ1) is 8.37. The van der Waals surface area contributed by atoms with Gasteiger partial charge < -0.3 is 10.2 Å². The Bertz CT molecular complexity index is 502. The van der Waals surface area contributed by atoms with Crippen LogP contribution in [-0.2, 0) is 16.6 Å². The fraction of sp³-hybridized carbons (Fsp3) is 0.667. The standard InChI is InChI=1S/C12H22N2O3S/c1-5-10(6-2)14-18(15,16)12-9(4)17-8(3)11(12)7-13/h10,14H,5-7,13H2,1-4H3. The number of sulfonamides is 1. The van der Waals surface area contributed by atoms with Gasteiger partial charge in [-0.1, -0.05) is 13.8 Å². The number of rotatable bonds is 6. The molecular weight excluding hydrogens is 252 g/mol. The molecule has 0 saturated heterocycles. The van der Waals surface area contributed by atoms with Crippen molar-refractivity contribution in [2.24, 2.45) is 5.73 Å². The van der Waals surface area contributed by atoms with Gasteiger partial charge >= 0.3 is 0 Å². The molecule has 0 fully saturated rings. The van der Waals surface area contributed by atoms with Crippen molar-refractivity contribution >= 4 is 10.0 Å². The largest absolute Gasteiger partial charge is 0.465 e. The number of aryl methyl sites for hydroxylation is 2. The Morgan fingerprint density at radius 2 is 1.78 bits per heavy atom. The van der Waals surface area contributed by atoms with Gasteiger partial charge in [0.05, 0.1) is 0 Å². The van der Waals surface area contributed by atoms with Crippen molar-refractivity contribution in [3.05, 3.63) is 17.1 Å². The molecule has 0 aliphatic heterocycles. The summed E-state index contributed by atoms with van der Waals surface area (Å²) in [5.74, 6) is 0.964. The molecular formula is C12H22N2O3S. The van der Waals surface area contributed by atoms with E-state index in [0.717, 1.165) is 12.8 Å². The van der Waals surface area contributed by atoms with Crippen LogP contribution in [0.5, 0.6) is 0 Å². The average molecular weight is 274 g/mol. The van der Waals surface area contributed by atoms with E-state index in [4.69, 9.17) is 10.2 Å². The van der Waals surface area contributed by atoms with Crippen LogP contribution >= 0.6 is 0 Å². The zero-order valence-electron chi connectivity index (χ0n) is 11.4. The number of nitrogens with one attached hydrogen (secondary N) is 1. The predicted octanol–water partition coefficient (Wildman–Crippen LogP) is 1.82. The first kappa shape index (κ1) is 15.2. The first-order valence-corrected chi connectivity index (χ1v) is 7.66. The highest BCUT2D eigenvalue weighted by Gasteiger charge is 2.27. The lowest BCUT2D eigenvalue weighted by Gasteiger charge is -2.15. The number of hydrogen-bond acceptors (Lipinski definition) is 4. The Morgan fingerprint density at radius 3 is 2.22 bits per heavy atom. The van der Waals surface area contributed by atoms with Crippen molar-refractivity contribution < 1.29 is 12.8 Å². The van der Waals surface area contributed by atoms with E-state index in [-0.39, 0.29) is 17.5 Å². The monoisotopic (exact) mass is 274 g/mol. The minimum absolute atomic E-state index is 0.0600. The second-order valence-electron chi connectivity index (χ2n) is 4.36. The van der Waals surface area contributed by atoms with E-state index in [1.807, 2.05) is 13.8 Å². The van der Waals surface area contributed by atoms with Gasteiger partial charge in [0.15, 0.2) is 0 Å². The molecule has 1 rings (SSSR count). The molecule has 0 radical (unpaired) electrons. The second kappa shape index (κ2) is 5.86. The van der Waals surface area contributed by atoms with E-state index in [0.29, 0.717) is 17.1 Å². The Labute approximate surface area is 109 Å². The number of nitrogens with two attached hydrogens (primary N) is 1. The highest BCUT2D eigenvalue weighted by molar-refractivity contribution is 7.89. The Morgan fingerprint density at radius 1 is 1.22 bits per heavy atom. The molecule has 18 heavy (non-hydrogen) atoms. The van der Waals surface area contributed by atoms with Crippen molar-refractivity contribution in [1.29, 1.82) is 0 Å². The van der Waals surface area contributed by atoms with Crippen molar-refractivity contribution in [2.75, 3.05) is 0 Å². The molecule has 0 spiro atoms. The molecule has 0 bridgehead atoms. The van der Waals surface area contributed by atoms with Gasteiger partial charge in [0.25, 0.3) is 0 Å². The Balaban J connectivity index is 3.20. The van der Waals surface area contributed by atoms with Crippen LogP contribution in [-0.4, -0.2) is 14.5 Å². The maximum atomic E-state index is 12.3. The summed E-state index contributed by atoms with van der Waals surface area (Å²) in [6.07, 6.45) is 1.51. The zero-order chi connectivity index (χ0) is 13.9. The minimum Gasteiger partial charge on any atom is -0.465 e. The third-order valence-corrected chi connectivity index (χ3v) is 4.82. The van der Waals surface area contributed by atoms with Crippen LogP contribution in [0.4, 0.5) is 0 Å². The topological polar surface area (TPSA) is 85.3 Å². The summed E-state index contributed by atoms with van der Waals surface area (Å²) in [5, 5.41) is 0. The van der Waals surface area contributed by atoms with Gasteiger partial charge in [-0.05, 0) is 26.7 Å². The molecule has 5 nitrogen and oxygen atoms in total. The molecule has 0 aliphatic rings. The van der Waals surface area contributed by atoms with Gasteiger partial charge in [-0.2, -0.15) is 0 Å². The Hall–Kier alpha value is -0.850. The highest BCUT2D eigenvalue weighted by atomic mass is 32.2. The highest BCUT2D eigenvalue weighted by Crippen LogP contribution is 2.26. The fourth-order valence-corrected chi connectivity index (χ4v) is 3.89. The predicted molar refractivity (Wildman–Crippen MR) is 70.8 cm³/mol. The SMILES string of the molecule is CCC(CC)NS(=O)(=O)c1c(C)oc(C)c1CN. The molecule has 0 saturated carbocycles.